The first kappa shape index (κ1) is 10.6. The first-order valence-electron chi connectivity index (χ1n) is 5.14. The average Bonchev–Trinajstić information content (AvgIpc) is 2.67. The van der Waals surface area contributed by atoms with Gasteiger partial charge in [0.25, 0.3) is 5.91 Å². The van der Waals surface area contributed by atoms with E-state index in [1.807, 2.05) is 17.5 Å². The van der Waals surface area contributed by atoms with E-state index in [0.29, 0.717) is 6.54 Å². The smallest absolute Gasteiger partial charge is 0.264 e. The van der Waals surface area contributed by atoms with E-state index in [9.17, 15) is 9.90 Å². The van der Waals surface area contributed by atoms with Gasteiger partial charge in [0, 0.05) is 13.1 Å². The minimum atomic E-state index is -0.717. The Balaban J connectivity index is 2.08. The predicted octanol–water partition coefficient (Wildman–Crippen LogP) is 1.74. The van der Waals surface area contributed by atoms with Gasteiger partial charge in [-0.15, -0.1) is 11.3 Å². The number of β-amino-alcohol motifs (C(OH)–C–C–N with tert-alkyl or cyclic N) is 1. The summed E-state index contributed by atoms with van der Waals surface area (Å²) in [4.78, 5) is 14.5. The number of piperidine rings is 1. The highest BCUT2D eigenvalue weighted by atomic mass is 32.1. The van der Waals surface area contributed by atoms with Crippen LogP contribution in [0.1, 0.15) is 29.4 Å². The van der Waals surface area contributed by atoms with Crippen molar-refractivity contribution in [3.05, 3.63) is 22.4 Å². The second kappa shape index (κ2) is 3.94. The zero-order chi connectivity index (χ0) is 10.9. The third kappa shape index (κ3) is 2.38. The minimum absolute atomic E-state index is 0.0463. The van der Waals surface area contributed by atoms with Gasteiger partial charge in [-0.05, 0) is 31.2 Å². The molecule has 3 nitrogen and oxygen atoms in total. The molecular formula is C11H15NO2S. The van der Waals surface area contributed by atoms with Gasteiger partial charge < -0.3 is 10.0 Å². The molecule has 0 bridgehead atoms. The number of hydrogen-bond donors (Lipinski definition) is 1. The van der Waals surface area contributed by atoms with E-state index in [0.717, 1.165) is 24.3 Å². The van der Waals surface area contributed by atoms with Crippen molar-refractivity contribution in [3.8, 4) is 0 Å². The number of carbonyl (C=O) groups excluding carboxylic acids is 1. The molecule has 0 saturated carbocycles. The first-order chi connectivity index (χ1) is 7.08. The second-order valence-corrected chi connectivity index (χ2v) is 5.25. The Morgan fingerprint density at radius 3 is 3.07 bits per heavy atom. The van der Waals surface area contributed by atoms with Crippen molar-refractivity contribution < 1.29 is 9.90 Å². The molecule has 2 rings (SSSR count). The van der Waals surface area contributed by atoms with Crippen molar-refractivity contribution in [2.24, 2.45) is 0 Å². The van der Waals surface area contributed by atoms with Crippen molar-refractivity contribution in [2.75, 3.05) is 13.1 Å². The molecule has 1 unspecified atom stereocenters. The number of amides is 1. The van der Waals surface area contributed by atoms with Crippen LogP contribution in [0.3, 0.4) is 0 Å². The van der Waals surface area contributed by atoms with Crippen LogP contribution in [-0.2, 0) is 0 Å². The van der Waals surface area contributed by atoms with Gasteiger partial charge in [-0.1, -0.05) is 6.07 Å². The molecule has 1 aliphatic heterocycles. The third-order valence-corrected chi connectivity index (χ3v) is 3.55. The van der Waals surface area contributed by atoms with E-state index in [2.05, 4.69) is 0 Å². The van der Waals surface area contributed by atoms with E-state index in [1.54, 1.807) is 11.8 Å². The molecule has 1 fully saturated rings. The first-order valence-corrected chi connectivity index (χ1v) is 6.02. The van der Waals surface area contributed by atoms with Crippen LogP contribution in [-0.4, -0.2) is 34.6 Å². The zero-order valence-corrected chi connectivity index (χ0v) is 9.59. The van der Waals surface area contributed by atoms with Crippen molar-refractivity contribution in [1.82, 2.24) is 4.90 Å². The fourth-order valence-electron chi connectivity index (χ4n) is 1.95. The van der Waals surface area contributed by atoms with Crippen LogP contribution in [0.4, 0.5) is 0 Å². The topological polar surface area (TPSA) is 40.5 Å². The Hall–Kier alpha value is -0.870. The van der Waals surface area contributed by atoms with Crippen LogP contribution in [0.5, 0.6) is 0 Å². The van der Waals surface area contributed by atoms with Crippen molar-refractivity contribution in [1.29, 1.82) is 0 Å². The summed E-state index contributed by atoms with van der Waals surface area (Å²) in [6.45, 7) is 3.00. The van der Waals surface area contributed by atoms with Gasteiger partial charge in [-0.2, -0.15) is 0 Å². The molecule has 1 saturated heterocycles. The van der Waals surface area contributed by atoms with E-state index in [-0.39, 0.29) is 5.91 Å². The zero-order valence-electron chi connectivity index (χ0n) is 8.77. The summed E-state index contributed by atoms with van der Waals surface area (Å²) >= 11 is 1.45. The maximum Gasteiger partial charge on any atom is 0.264 e. The number of thiophene rings is 1. The molecule has 2 heterocycles. The predicted molar refractivity (Wildman–Crippen MR) is 60.1 cm³/mol. The van der Waals surface area contributed by atoms with Gasteiger partial charge in [0.1, 0.15) is 0 Å². The molecule has 1 atom stereocenters. The van der Waals surface area contributed by atoms with E-state index in [4.69, 9.17) is 0 Å². The molecule has 4 heteroatoms. The van der Waals surface area contributed by atoms with Gasteiger partial charge in [-0.3, -0.25) is 4.79 Å². The number of carbonyl (C=O) groups is 1. The maximum atomic E-state index is 12.0. The number of likely N-dealkylation sites (tertiary alicyclic amines) is 1. The van der Waals surface area contributed by atoms with Crippen molar-refractivity contribution in [2.45, 2.75) is 25.4 Å². The largest absolute Gasteiger partial charge is 0.388 e. The van der Waals surface area contributed by atoms with Crippen molar-refractivity contribution >= 4 is 17.2 Å². The second-order valence-electron chi connectivity index (χ2n) is 4.30. The Kier molecular flexibility index (Phi) is 2.80. The molecule has 15 heavy (non-hydrogen) atoms. The molecule has 1 aromatic heterocycles. The number of rotatable bonds is 1. The Morgan fingerprint density at radius 2 is 2.47 bits per heavy atom. The summed E-state index contributed by atoms with van der Waals surface area (Å²) in [7, 11) is 0. The lowest BCUT2D eigenvalue weighted by Gasteiger charge is -2.36. The SMILES string of the molecule is CC1(O)CCCN(C(=O)c2cccs2)C1. The lowest BCUT2D eigenvalue weighted by molar-refractivity contribution is -0.0105. The molecule has 82 valence electrons. The summed E-state index contributed by atoms with van der Waals surface area (Å²) in [6, 6.07) is 3.70. The lowest BCUT2D eigenvalue weighted by atomic mass is 9.95. The third-order valence-electron chi connectivity index (χ3n) is 2.69. The van der Waals surface area contributed by atoms with E-state index >= 15 is 0 Å². The molecule has 0 spiro atoms. The molecule has 1 aliphatic rings. The summed E-state index contributed by atoms with van der Waals surface area (Å²) in [5.74, 6) is 0.0463. The Bertz CT molecular complexity index is 345. The molecule has 1 aromatic rings. The normalized spacial score (nSPS) is 26.7. The molecule has 0 aromatic carbocycles. The van der Waals surface area contributed by atoms with Gasteiger partial charge in [0.2, 0.25) is 0 Å². The number of hydrogen-bond acceptors (Lipinski definition) is 3. The van der Waals surface area contributed by atoms with E-state index in [1.165, 1.54) is 11.3 Å². The van der Waals surface area contributed by atoms with Crippen molar-refractivity contribution in [3.63, 3.8) is 0 Å². The van der Waals surface area contributed by atoms with E-state index < -0.39 is 5.60 Å². The average molecular weight is 225 g/mol. The molecule has 1 N–H and O–H groups in total. The van der Waals surface area contributed by atoms with Crippen LogP contribution in [0.25, 0.3) is 0 Å². The monoisotopic (exact) mass is 225 g/mol. The van der Waals surface area contributed by atoms with Gasteiger partial charge in [-0.25, -0.2) is 0 Å². The maximum absolute atomic E-state index is 12.0. The Labute approximate surface area is 93.3 Å². The summed E-state index contributed by atoms with van der Waals surface area (Å²) in [5.41, 5.74) is -0.717. The number of aliphatic hydroxyl groups is 1. The lowest BCUT2D eigenvalue weighted by Crippen LogP contribution is -2.48. The summed E-state index contributed by atoms with van der Waals surface area (Å²) < 4.78 is 0. The number of nitrogens with zero attached hydrogens (tertiary/aromatic N) is 1. The molecule has 0 radical (unpaired) electrons. The summed E-state index contributed by atoms with van der Waals surface area (Å²) in [6.07, 6.45) is 1.66. The van der Waals surface area contributed by atoms with Crippen LogP contribution >= 0.6 is 11.3 Å². The quantitative estimate of drug-likeness (QED) is 0.790. The fourth-order valence-corrected chi connectivity index (χ4v) is 2.64. The standard InChI is InChI=1S/C11H15NO2S/c1-11(14)5-3-6-12(8-11)10(13)9-4-2-7-15-9/h2,4,7,14H,3,5-6,8H2,1H3. The highest BCUT2D eigenvalue weighted by Crippen LogP contribution is 2.22. The highest BCUT2D eigenvalue weighted by molar-refractivity contribution is 7.12. The summed E-state index contributed by atoms with van der Waals surface area (Å²) in [5, 5.41) is 11.8. The minimum Gasteiger partial charge on any atom is -0.388 e. The Morgan fingerprint density at radius 1 is 1.67 bits per heavy atom. The van der Waals surface area contributed by atoms with Gasteiger partial charge in [0.05, 0.1) is 10.5 Å². The fraction of sp³-hybridized carbons (Fsp3) is 0.545. The molecule has 0 aliphatic carbocycles. The van der Waals surface area contributed by atoms with Gasteiger partial charge in [0.15, 0.2) is 0 Å². The van der Waals surface area contributed by atoms with Crippen LogP contribution in [0.2, 0.25) is 0 Å². The van der Waals surface area contributed by atoms with Crippen LogP contribution in [0.15, 0.2) is 17.5 Å². The van der Waals surface area contributed by atoms with Crippen LogP contribution < -0.4 is 0 Å². The molecule has 1 amide bonds. The van der Waals surface area contributed by atoms with Gasteiger partial charge >= 0.3 is 0 Å². The van der Waals surface area contributed by atoms with Crippen LogP contribution in [0, 0.1) is 0 Å². The highest BCUT2D eigenvalue weighted by Gasteiger charge is 2.31. The molecular weight excluding hydrogens is 210 g/mol.